The predicted molar refractivity (Wildman–Crippen MR) is 121 cm³/mol. The minimum absolute atomic E-state index is 0.0880. The molecule has 0 amide bonds. The number of ether oxygens (including phenoxy) is 3. The van der Waals surface area contributed by atoms with Gasteiger partial charge in [0.2, 0.25) is 12.1 Å². The van der Waals surface area contributed by atoms with E-state index in [0.29, 0.717) is 47.4 Å². The molecule has 0 saturated carbocycles. The summed E-state index contributed by atoms with van der Waals surface area (Å²) in [5.41, 5.74) is 8.81. The van der Waals surface area contributed by atoms with Gasteiger partial charge in [0.25, 0.3) is 0 Å². The lowest BCUT2D eigenvalue weighted by Gasteiger charge is -2.37. The Bertz CT molecular complexity index is 1090. The number of ketones is 1. The minimum Gasteiger partial charge on any atom is -0.493 e. The first-order valence-corrected chi connectivity index (χ1v) is 11.1. The zero-order valence-electron chi connectivity index (χ0n) is 19.5. The Morgan fingerprint density at radius 1 is 1.22 bits per heavy atom. The lowest BCUT2D eigenvalue weighted by molar-refractivity contribution is -0.686. The highest BCUT2D eigenvalue weighted by Gasteiger charge is 2.45. The van der Waals surface area contributed by atoms with Crippen molar-refractivity contribution >= 4 is 11.6 Å². The molecule has 2 N–H and O–H groups in total. The number of aromatic nitrogens is 2. The number of nitrogens with two attached hydrogens (primary N) is 1. The van der Waals surface area contributed by atoms with E-state index in [9.17, 15) is 4.79 Å². The number of carbonyl (C=O) groups excluding carboxylic acids is 1. The Labute approximate surface area is 189 Å². The molecule has 2 heterocycles. The number of unbranched alkanes of at least 4 members (excludes halogenated alkanes) is 1. The van der Waals surface area contributed by atoms with E-state index in [1.54, 1.807) is 20.5 Å². The van der Waals surface area contributed by atoms with E-state index >= 15 is 0 Å². The van der Waals surface area contributed by atoms with Crippen LogP contribution in [-0.2, 0) is 11.3 Å². The van der Waals surface area contributed by atoms with Crippen molar-refractivity contribution in [3.8, 4) is 17.4 Å². The molecule has 0 radical (unpaired) electrons. The monoisotopic (exact) mass is 438 g/mol. The molecule has 2 aromatic rings. The Morgan fingerprint density at radius 2 is 1.97 bits per heavy atom. The number of Topliss-reactive ketones (excluding diaryl/α,β-unsaturated/α-hetero) is 1. The first-order valence-electron chi connectivity index (χ1n) is 11.1. The molecule has 7 heteroatoms. The van der Waals surface area contributed by atoms with E-state index in [2.05, 4.69) is 25.8 Å². The summed E-state index contributed by atoms with van der Waals surface area (Å²) in [6.45, 7) is 7.07. The molecule has 32 heavy (non-hydrogen) atoms. The number of methoxy groups -OCH3 is 2. The minimum atomic E-state index is -0.376. The van der Waals surface area contributed by atoms with Gasteiger partial charge in [-0.2, -0.15) is 0 Å². The van der Waals surface area contributed by atoms with Crippen LogP contribution in [0.5, 0.6) is 17.4 Å². The van der Waals surface area contributed by atoms with Gasteiger partial charge in [-0.3, -0.25) is 4.79 Å². The normalized spacial score (nSPS) is 19.2. The van der Waals surface area contributed by atoms with E-state index < -0.39 is 0 Å². The van der Waals surface area contributed by atoms with E-state index in [0.717, 1.165) is 30.5 Å². The van der Waals surface area contributed by atoms with Crippen molar-refractivity contribution < 1.29 is 23.6 Å². The zero-order valence-corrected chi connectivity index (χ0v) is 19.5. The molecule has 7 nitrogen and oxygen atoms in total. The summed E-state index contributed by atoms with van der Waals surface area (Å²) in [5.74, 6) is 2.68. The van der Waals surface area contributed by atoms with Crippen molar-refractivity contribution in [1.29, 1.82) is 0 Å². The summed E-state index contributed by atoms with van der Waals surface area (Å²) in [6.07, 6.45) is 4.89. The van der Waals surface area contributed by atoms with Crippen molar-refractivity contribution in [3.63, 3.8) is 0 Å². The van der Waals surface area contributed by atoms with Gasteiger partial charge in [0.15, 0.2) is 17.3 Å². The van der Waals surface area contributed by atoms with Gasteiger partial charge in [0, 0.05) is 18.4 Å². The molecule has 0 fully saturated rings. The average molecular weight is 439 g/mol. The van der Waals surface area contributed by atoms with Crippen LogP contribution >= 0.6 is 0 Å². The second kappa shape index (κ2) is 8.45. The Balaban J connectivity index is 1.94. The average Bonchev–Trinajstić information content (AvgIpc) is 2.76. The van der Waals surface area contributed by atoms with Gasteiger partial charge in [-0.15, -0.1) is 0 Å². The molecular weight excluding hydrogens is 406 g/mol. The Morgan fingerprint density at radius 3 is 2.66 bits per heavy atom. The van der Waals surface area contributed by atoms with E-state index in [1.165, 1.54) is 0 Å². The largest absolute Gasteiger partial charge is 0.493 e. The molecule has 0 spiro atoms. The molecule has 0 saturated heterocycles. The number of rotatable bonds is 6. The van der Waals surface area contributed by atoms with Crippen LogP contribution in [0.1, 0.15) is 63.5 Å². The number of hydrogen-bond donors (Lipinski definition) is 1. The molecule has 4 rings (SSSR count). The van der Waals surface area contributed by atoms with E-state index in [-0.39, 0.29) is 17.1 Å². The highest BCUT2D eigenvalue weighted by molar-refractivity contribution is 6.00. The first-order chi connectivity index (χ1) is 15.3. The summed E-state index contributed by atoms with van der Waals surface area (Å²) < 4.78 is 19.2. The molecule has 1 aromatic carbocycles. The van der Waals surface area contributed by atoms with E-state index in [4.69, 9.17) is 19.9 Å². The molecule has 2 aliphatic rings. The molecular formula is C25H32N3O4+. The Kier molecular flexibility index (Phi) is 5.84. The number of carbonyl (C=O) groups is 1. The van der Waals surface area contributed by atoms with E-state index in [1.807, 2.05) is 22.8 Å². The molecule has 1 atom stereocenters. The van der Waals surface area contributed by atoms with Gasteiger partial charge in [0.1, 0.15) is 11.3 Å². The van der Waals surface area contributed by atoms with Crippen LogP contribution in [0, 0.1) is 5.41 Å². The van der Waals surface area contributed by atoms with Crippen molar-refractivity contribution in [2.75, 3.05) is 20.0 Å². The fraction of sp³-hybridized carbons (Fsp3) is 0.480. The van der Waals surface area contributed by atoms with Gasteiger partial charge in [-0.1, -0.05) is 38.2 Å². The molecule has 1 aliphatic carbocycles. The van der Waals surface area contributed by atoms with Crippen LogP contribution in [0.25, 0.3) is 0 Å². The van der Waals surface area contributed by atoms with Crippen LogP contribution in [0.4, 0.5) is 5.82 Å². The number of benzene rings is 1. The van der Waals surface area contributed by atoms with Gasteiger partial charge >= 0.3 is 5.88 Å². The van der Waals surface area contributed by atoms with Crippen molar-refractivity contribution in [3.05, 3.63) is 47.0 Å². The number of allylic oxidation sites excluding steroid dienone is 2. The lowest BCUT2D eigenvalue weighted by atomic mass is 9.70. The fourth-order valence-corrected chi connectivity index (χ4v) is 4.70. The maximum atomic E-state index is 13.4. The number of nitrogens with zero attached hydrogens (tertiary/aromatic N) is 2. The van der Waals surface area contributed by atoms with Gasteiger partial charge in [-0.05, 0) is 29.5 Å². The fourth-order valence-electron chi connectivity index (χ4n) is 4.70. The molecule has 0 unspecified atom stereocenters. The first kappa shape index (κ1) is 22.1. The molecule has 1 aliphatic heterocycles. The number of anilines is 1. The predicted octanol–water partition coefficient (Wildman–Crippen LogP) is 3.94. The standard InChI is InChI=1S/C25H31N3O4/c1-6-7-10-28-14-27-24-22(23(28)26)20(15-8-9-17(30-4)18(11-15)31-5)21-16(29)12-25(2,3)13-19(21)32-24/h8-9,11,14,20,26H,6-7,10,12-13H2,1-5H3/p+1/t20-/m0/s1. The van der Waals surface area contributed by atoms with Crippen LogP contribution in [0.15, 0.2) is 35.9 Å². The number of fused-ring (bicyclic) bond motifs is 1. The molecule has 1 aromatic heterocycles. The summed E-state index contributed by atoms with van der Waals surface area (Å²) >= 11 is 0. The van der Waals surface area contributed by atoms with Gasteiger partial charge in [-0.25, -0.2) is 4.57 Å². The SMILES string of the molecule is CCCC[n+]1cnc2c(c1N)[C@@H](c1ccc(OC)c(OC)c1)C1=C(CC(C)(C)CC1=O)O2. The highest BCUT2D eigenvalue weighted by atomic mass is 16.5. The van der Waals surface area contributed by atoms with Crippen LogP contribution < -0.4 is 24.5 Å². The van der Waals surface area contributed by atoms with Crippen molar-refractivity contribution in [2.24, 2.45) is 5.41 Å². The zero-order chi connectivity index (χ0) is 23.0. The lowest BCUT2D eigenvalue weighted by Crippen LogP contribution is -2.41. The smallest absolute Gasteiger partial charge is 0.305 e. The molecule has 0 bridgehead atoms. The third-order valence-corrected chi connectivity index (χ3v) is 6.30. The summed E-state index contributed by atoms with van der Waals surface area (Å²) in [6, 6.07) is 5.74. The van der Waals surface area contributed by atoms with Gasteiger partial charge in [0.05, 0.1) is 26.7 Å². The topological polar surface area (TPSA) is 87.5 Å². The summed E-state index contributed by atoms with van der Waals surface area (Å²) in [4.78, 5) is 18.0. The maximum Gasteiger partial charge on any atom is 0.305 e. The van der Waals surface area contributed by atoms with Crippen LogP contribution in [-0.4, -0.2) is 25.0 Å². The van der Waals surface area contributed by atoms with Crippen molar-refractivity contribution in [2.45, 2.75) is 58.9 Å². The summed E-state index contributed by atoms with van der Waals surface area (Å²) in [7, 11) is 3.21. The number of nitrogen functional groups attached to an aromatic ring is 1. The maximum absolute atomic E-state index is 13.4. The third kappa shape index (κ3) is 3.80. The number of aryl methyl sites for hydroxylation is 1. The Hall–Kier alpha value is -3.09. The van der Waals surface area contributed by atoms with Gasteiger partial charge < -0.3 is 19.9 Å². The summed E-state index contributed by atoms with van der Waals surface area (Å²) in [5, 5.41) is 0. The highest BCUT2D eigenvalue weighted by Crippen LogP contribution is 2.51. The van der Waals surface area contributed by atoms with Crippen LogP contribution in [0.2, 0.25) is 0 Å². The quantitative estimate of drug-likeness (QED) is 0.688. The second-order valence-corrected chi connectivity index (χ2v) is 9.32. The third-order valence-electron chi connectivity index (χ3n) is 6.30. The second-order valence-electron chi connectivity index (χ2n) is 9.32. The molecule has 170 valence electrons. The van der Waals surface area contributed by atoms with Crippen LogP contribution in [0.3, 0.4) is 0 Å². The number of hydrogen-bond acceptors (Lipinski definition) is 6. The van der Waals surface area contributed by atoms with Crippen molar-refractivity contribution in [1.82, 2.24) is 4.98 Å².